The third kappa shape index (κ3) is 1.60. The topological polar surface area (TPSA) is 38.7 Å². The fourth-order valence-corrected chi connectivity index (χ4v) is 2.53. The van der Waals surface area contributed by atoms with Gasteiger partial charge in [-0.05, 0) is 18.4 Å². The molecule has 0 aliphatic carbocycles. The minimum Gasteiger partial charge on any atom is -0.493 e. The average molecular weight is 220 g/mol. The summed E-state index contributed by atoms with van der Waals surface area (Å²) >= 11 is 0. The van der Waals surface area contributed by atoms with Crippen LogP contribution in [0.4, 0.5) is 0 Å². The Morgan fingerprint density at radius 3 is 3.06 bits per heavy atom. The van der Waals surface area contributed by atoms with Crippen molar-refractivity contribution in [2.24, 2.45) is 0 Å². The van der Waals surface area contributed by atoms with Crippen molar-refractivity contribution in [1.82, 2.24) is 0 Å². The van der Waals surface area contributed by atoms with E-state index in [0.717, 1.165) is 43.8 Å². The molecule has 0 aromatic heterocycles. The van der Waals surface area contributed by atoms with Crippen LogP contribution in [0.1, 0.15) is 30.1 Å². The Labute approximate surface area is 95.0 Å². The molecule has 1 aromatic carbocycles. The van der Waals surface area contributed by atoms with E-state index >= 15 is 0 Å². The van der Waals surface area contributed by atoms with Crippen molar-refractivity contribution in [3.63, 3.8) is 0 Å². The van der Waals surface area contributed by atoms with Crippen LogP contribution in [0.3, 0.4) is 0 Å². The third-order valence-corrected chi connectivity index (χ3v) is 3.38. The van der Waals surface area contributed by atoms with Crippen molar-refractivity contribution in [2.75, 3.05) is 13.2 Å². The Bertz CT molecular complexity index is 383. The smallest absolute Gasteiger partial charge is 0.128 e. The molecule has 16 heavy (non-hydrogen) atoms. The van der Waals surface area contributed by atoms with Gasteiger partial charge < -0.3 is 14.6 Å². The molecule has 2 atom stereocenters. The van der Waals surface area contributed by atoms with Gasteiger partial charge in [0.1, 0.15) is 11.9 Å². The lowest BCUT2D eigenvalue weighted by Crippen LogP contribution is -2.17. The van der Waals surface area contributed by atoms with Crippen molar-refractivity contribution in [3.05, 3.63) is 29.3 Å². The van der Waals surface area contributed by atoms with Crippen LogP contribution in [-0.4, -0.2) is 24.4 Å². The molecule has 3 nitrogen and oxygen atoms in total. The molecule has 1 fully saturated rings. The zero-order valence-corrected chi connectivity index (χ0v) is 9.19. The summed E-state index contributed by atoms with van der Waals surface area (Å²) in [7, 11) is 0. The molecule has 2 heterocycles. The van der Waals surface area contributed by atoms with E-state index in [-0.39, 0.29) is 6.10 Å². The predicted octanol–water partition coefficient (Wildman–Crippen LogP) is 1.83. The van der Waals surface area contributed by atoms with E-state index in [4.69, 9.17) is 9.47 Å². The maximum atomic E-state index is 10.3. The van der Waals surface area contributed by atoms with Gasteiger partial charge in [-0.3, -0.25) is 0 Å². The normalized spacial score (nSPS) is 25.2. The molecule has 2 aliphatic heterocycles. The highest BCUT2D eigenvalue weighted by atomic mass is 16.5. The molecule has 3 rings (SSSR count). The number of hydrogen-bond acceptors (Lipinski definition) is 3. The maximum absolute atomic E-state index is 10.3. The number of hydrogen-bond donors (Lipinski definition) is 1. The molecule has 1 N–H and O–H groups in total. The number of ether oxygens (including phenoxy) is 2. The standard InChI is InChI=1S/C13H16O3/c14-12(11-5-2-7-15-11)10-4-1-3-9-6-8-16-13(9)10/h1,3-4,11-12,14H,2,5-8H2. The summed E-state index contributed by atoms with van der Waals surface area (Å²) < 4.78 is 11.1. The van der Waals surface area contributed by atoms with Gasteiger partial charge in [0, 0.05) is 18.6 Å². The molecule has 2 unspecified atom stereocenters. The fraction of sp³-hybridized carbons (Fsp3) is 0.538. The van der Waals surface area contributed by atoms with Crippen LogP contribution in [0.15, 0.2) is 18.2 Å². The lowest BCUT2D eigenvalue weighted by atomic mass is 9.99. The second kappa shape index (κ2) is 4.07. The van der Waals surface area contributed by atoms with Crippen molar-refractivity contribution in [2.45, 2.75) is 31.5 Å². The SMILES string of the molecule is OC(c1cccc2c1OCC2)C1CCCO1. The van der Waals surface area contributed by atoms with Gasteiger partial charge in [-0.1, -0.05) is 18.2 Å². The number of benzene rings is 1. The zero-order valence-electron chi connectivity index (χ0n) is 9.19. The molecule has 0 radical (unpaired) electrons. The van der Waals surface area contributed by atoms with Crippen LogP contribution in [0.25, 0.3) is 0 Å². The number of aliphatic hydroxyl groups excluding tert-OH is 1. The molecule has 0 bridgehead atoms. The van der Waals surface area contributed by atoms with E-state index in [0.29, 0.717) is 0 Å². The molecule has 86 valence electrons. The summed E-state index contributed by atoms with van der Waals surface area (Å²) in [5.74, 6) is 0.880. The van der Waals surface area contributed by atoms with E-state index in [1.807, 2.05) is 12.1 Å². The van der Waals surface area contributed by atoms with Crippen molar-refractivity contribution in [1.29, 1.82) is 0 Å². The van der Waals surface area contributed by atoms with Gasteiger partial charge in [0.05, 0.1) is 12.7 Å². The summed E-state index contributed by atoms with van der Waals surface area (Å²) in [6.07, 6.45) is 2.32. The minimum atomic E-state index is -0.546. The van der Waals surface area contributed by atoms with Crippen LogP contribution in [0.5, 0.6) is 5.75 Å². The summed E-state index contributed by atoms with van der Waals surface area (Å²) in [4.78, 5) is 0. The average Bonchev–Trinajstić information content (AvgIpc) is 2.98. The summed E-state index contributed by atoms with van der Waals surface area (Å²) in [6, 6.07) is 5.99. The second-order valence-electron chi connectivity index (χ2n) is 4.43. The van der Waals surface area contributed by atoms with Gasteiger partial charge in [0.15, 0.2) is 0 Å². The van der Waals surface area contributed by atoms with Gasteiger partial charge in [0.25, 0.3) is 0 Å². The highest BCUT2D eigenvalue weighted by Crippen LogP contribution is 2.37. The minimum absolute atomic E-state index is 0.0595. The quantitative estimate of drug-likeness (QED) is 0.826. The summed E-state index contributed by atoms with van der Waals surface area (Å²) in [5, 5.41) is 10.3. The van der Waals surface area contributed by atoms with E-state index in [2.05, 4.69) is 6.07 Å². The number of aliphatic hydroxyl groups is 1. The first-order chi connectivity index (χ1) is 7.86. The highest BCUT2D eigenvalue weighted by molar-refractivity contribution is 5.45. The van der Waals surface area contributed by atoms with Crippen LogP contribution < -0.4 is 4.74 Å². The zero-order chi connectivity index (χ0) is 11.0. The van der Waals surface area contributed by atoms with Gasteiger partial charge in [-0.2, -0.15) is 0 Å². The Morgan fingerprint density at radius 2 is 2.25 bits per heavy atom. The van der Waals surface area contributed by atoms with E-state index in [1.54, 1.807) is 0 Å². The van der Waals surface area contributed by atoms with E-state index in [1.165, 1.54) is 5.56 Å². The van der Waals surface area contributed by atoms with Gasteiger partial charge in [0.2, 0.25) is 0 Å². The van der Waals surface area contributed by atoms with Gasteiger partial charge in [-0.25, -0.2) is 0 Å². The molecule has 0 saturated carbocycles. The van der Waals surface area contributed by atoms with E-state index in [9.17, 15) is 5.11 Å². The summed E-state index contributed by atoms with van der Waals surface area (Å²) in [5.41, 5.74) is 2.09. The van der Waals surface area contributed by atoms with Gasteiger partial charge in [-0.15, -0.1) is 0 Å². The first-order valence-corrected chi connectivity index (χ1v) is 5.90. The molecule has 3 heteroatoms. The Balaban J connectivity index is 1.91. The molecule has 1 saturated heterocycles. The first kappa shape index (κ1) is 10.1. The Morgan fingerprint density at radius 1 is 1.31 bits per heavy atom. The van der Waals surface area contributed by atoms with Crippen molar-refractivity contribution >= 4 is 0 Å². The monoisotopic (exact) mass is 220 g/mol. The summed E-state index contributed by atoms with van der Waals surface area (Å²) in [6.45, 7) is 1.49. The predicted molar refractivity (Wildman–Crippen MR) is 59.6 cm³/mol. The van der Waals surface area contributed by atoms with Crippen molar-refractivity contribution < 1.29 is 14.6 Å². The molecule has 1 aromatic rings. The van der Waals surface area contributed by atoms with E-state index < -0.39 is 6.10 Å². The van der Waals surface area contributed by atoms with Crippen molar-refractivity contribution in [3.8, 4) is 5.75 Å². The Kier molecular flexibility index (Phi) is 2.58. The number of para-hydroxylation sites is 1. The third-order valence-electron chi connectivity index (χ3n) is 3.38. The molecule has 2 aliphatic rings. The van der Waals surface area contributed by atoms with Gasteiger partial charge >= 0.3 is 0 Å². The van der Waals surface area contributed by atoms with Crippen LogP contribution in [-0.2, 0) is 11.2 Å². The fourth-order valence-electron chi connectivity index (χ4n) is 2.53. The molecular weight excluding hydrogens is 204 g/mol. The molecule has 0 amide bonds. The Hall–Kier alpha value is -1.06. The van der Waals surface area contributed by atoms with Crippen LogP contribution in [0, 0.1) is 0 Å². The first-order valence-electron chi connectivity index (χ1n) is 5.90. The highest BCUT2D eigenvalue weighted by Gasteiger charge is 2.29. The number of fused-ring (bicyclic) bond motifs is 1. The maximum Gasteiger partial charge on any atom is 0.128 e. The lowest BCUT2D eigenvalue weighted by molar-refractivity contribution is -0.00364. The largest absolute Gasteiger partial charge is 0.493 e. The van der Waals surface area contributed by atoms with Crippen LogP contribution in [0.2, 0.25) is 0 Å². The lowest BCUT2D eigenvalue weighted by Gasteiger charge is -2.19. The second-order valence-corrected chi connectivity index (χ2v) is 4.43. The number of rotatable bonds is 2. The molecule has 0 spiro atoms. The molecular formula is C13H16O3. The van der Waals surface area contributed by atoms with Crippen LogP contribution >= 0.6 is 0 Å².